The molecule has 0 N–H and O–H groups in total. The van der Waals surface area contributed by atoms with Gasteiger partial charge in [0.25, 0.3) is 0 Å². The Kier molecular flexibility index (Phi) is 6.66. The van der Waals surface area contributed by atoms with Gasteiger partial charge in [0.05, 0.1) is 0 Å². The van der Waals surface area contributed by atoms with Crippen molar-refractivity contribution in [2.75, 3.05) is 0 Å². The average Bonchev–Trinajstić information content (AvgIpc) is 3.45. The van der Waals surface area contributed by atoms with Gasteiger partial charge in [-0.1, -0.05) is 0 Å². The maximum atomic E-state index is 12.2. The molecular weight excluding hydrogens is 383 g/mol. The number of allylic oxidation sites excluding steroid dienone is 3. The summed E-state index contributed by atoms with van der Waals surface area (Å²) < 4.78 is 1.55. The van der Waals surface area contributed by atoms with Crippen LogP contribution in [0, 0.1) is 5.92 Å². The van der Waals surface area contributed by atoms with E-state index >= 15 is 0 Å². The molecule has 2 atom stereocenters. The van der Waals surface area contributed by atoms with E-state index < -0.39 is 0 Å². The second-order valence-corrected chi connectivity index (χ2v) is 9.35. The molecule has 0 amide bonds. The quantitative estimate of drug-likeness (QED) is 0.430. The Hall–Kier alpha value is -1.89. The fourth-order valence-electron chi connectivity index (χ4n) is 3.27. The van der Waals surface area contributed by atoms with E-state index in [0.717, 1.165) is 12.8 Å². The van der Waals surface area contributed by atoms with Crippen LogP contribution in [-0.2, 0) is 11.2 Å². The van der Waals surface area contributed by atoms with Crippen molar-refractivity contribution in [1.82, 2.24) is 0 Å². The molecule has 1 nitrogen and oxygen atoms in total. The molecule has 0 radical (unpaired) electrons. The van der Waals surface area contributed by atoms with Gasteiger partial charge in [0, 0.05) is 0 Å². The molecule has 0 bridgehead atoms. The van der Waals surface area contributed by atoms with Gasteiger partial charge in [-0.05, 0) is 0 Å². The monoisotopic (exact) mass is 410 g/mol. The van der Waals surface area contributed by atoms with Crippen molar-refractivity contribution < 1.29 is 4.79 Å². The summed E-state index contributed by atoms with van der Waals surface area (Å²) in [7, 11) is 0. The van der Waals surface area contributed by atoms with Gasteiger partial charge >= 0.3 is 163 Å². The molecule has 1 saturated carbocycles. The van der Waals surface area contributed by atoms with Gasteiger partial charge in [-0.2, -0.15) is 0 Å². The van der Waals surface area contributed by atoms with Crippen LogP contribution >= 0.6 is 0 Å². The standard InChI is InChI=1S/C24H26OSe/c1-3-19-17-23(19)22-12-8-7-9-20(22)15-13-18(2)14-16-24(25)26-21-10-5-4-6-11-21/h3-13,19,23H,1,14-17H2,2H3/b18-13+. The Morgan fingerprint density at radius 3 is 2.58 bits per heavy atom. The van der Waals surface area contributed by atoms with Crippen molar-refractivity contribution in [2.24, 2.45) is 5.92 Å². The fourth-order valence-corrected chi connectivity index (χ4v) is 4.87. The van der Waals surface area contributed by atoms with Crippen LogP contribution < -0.4 is 4.46 Å². The van der Waals surface area contributed by atoms with Gasteiger partial charge in [0.2, 0.25) is 0 Å². The van der Waals surface area contributed by atoms with E-state index in [1.165, 1.54) is 27.6 Å². The minimum atomic E-state index is -0.0557. The third-order valence-electron chi connectivity index (χ3n) is 4.97. The van der Waals surface area contributed by atoms with Crippen LogP contribution in [0.15, 0.2) is 78.9 Å². The first-order valence-electron chi connectivity index (χ1n) is 9.29. The first kappa shape index (κ1) is 18.9. The zero-order valence-corrected chi connectivity index (χ0v) is 17.1. The zero-order chi connectivity index (χ0) is 18.4. The van der Waals surface area contributed by atoms with Gasteiger partial charge in [-0.15, -0.1) is 0 Å². The van der Waals surface area contributed by atoms with Crippen LogP contribution in [0.25, 0.3) is 0 Å². The molecule has 2 aromatic carbocycles. The second-order valence-electron chi connectivity index (χ2n) is 6.98. The summed E-state index contributed by atoms with van der Waals surface area (Å²) in [4.78, 5) is 12.2. The topological polar surface area (TPSA) is 17.1 Å². The molecule has 2 aromatic rings. The second kappa shape index (κ2) is 9.16. The van der Waals surface area contributed by atoms with Gasteiger partial charge in [-0.25, -0.2) is 0 Å². The zero-order valence-electron chi connectivity index (χ0n) is 15.4. The molecule has 0 saturated heterocycles. The van der Waals surface area contributed by atoms with Crippen molar-refractivity contribution in [3.05, 3.63) is 90.0 Å². The predicted octanol–water partition coefficient (Wildman–Crippen LogP) is 4.80. The molecule has 2 heteroatoms. The molecule has 0 heterocycles. The van der Waals surface area contributed by atoms with Crippen LogP contribution in [0.5, 0.6) is 0 Å². The van der Waals surface area contributed by atoms with Gasteiger partial charge in [0.15, 0.2) is 0 Å². The summed E-state index contributed by atoms with van der Waals surface area (Å²) in [5.74, 6) is 1.31. The molecule has 0 aliphatic heterocycles. The first-order valence-corrected chi connectivity index (χ1v) is 11.0. The summed E-state index contributed by atoms with van der Waals surface area (Å²) >= 11 is -0.0557. The van der Waals surface area contributed by atoms with Crippen LogP contribution in [0.1, 0.15) is 43.2 Å². The fraction of sp³-hybridized carbons (Fsp3) is 0.292. The summed E-state index contributed by atoms with van der Waals surface area (Å²) in [6.07, 6.45) is 8.10. The molecule has 0 aromatic heterocycles. The molecule has 1 aliphatic carbocycles. The number of carbonyl (C=O) groups is 1. The third kappa shape index (κ3) is 5.30. The number of carbonyl (C=O) groups excluding carboxylic acids is 1. The predicted molar refractivity (Wildman–Crippen MR) is 111 cm³/mol. The molecule has 2 unspecified atom stereocenters. The number of hydrogen-bond donors (Lipinski definition) is 0. The molecule has 1 fully saturated rings. The molecule has 3 rings (SSSR count). The Morgan fingerprint density at radius 2 is 1.85 bits per heavy atom. The number of rotatable bonds is 9. The van der Waals surface area contributed by atoms with Crippen LogP contribution in [0.2, 0.25) is 0 Å². The molecule has 0 spiro atoms. The molecule has 26 heavy (non-hydrogen) atoms. The van der Waals surface area contributed by atoms with Crippen LogP contribution in [0.3, 0.4) is 0 Å². The molecule has 1 aliphatic rings. The summed E-state index contributed by atoms with van der Waals surface area (Å²) in [5.41, 5.74) is 4.21. The SMILES string of the molecule is C=CC1CC1c1ccccc1C/C=C(\C)CCC(=O)[Se]c1ccccc1. The summed E-state index contributed by atoms with van der Waals surface area (Å²) in [5, 5.41) is 0. The van der Waals surface area contributed by atoms with Crippen molar-refractivity contribution in [3.8, 4) is 0 Å². The van der Waals surface area contributed by atoms with E-state index in [9.17, 15) is 4.79 Å². The summed E-state index contributed by atoms with van der Waals surface area (Å²) in [6, 6.07) is 18.9. The summed E-state index contributed by atoms with van der Waals surface area (Å²) in [6.45, 7) is 6.08. The molecule has 134 valence electrons. The average molecular weight is 409 g/mol. The number of benzene rings is 2. The first-order chi connectivity index (χ1) is 12.7. The Balaban J connectivity index is 1.51. The van der Waals surface area contributed by atoms with Gasteiger partial charge in [0.1, 0.15) is 0 Å². The maximum absolute atomic E-state index is 12.2. The van der Waals surface area contributed by atoms with Crippen LogP contribution in [-0.4, -0.2) is 19.6 Å². The van der Waals surface area contributed by atoms with E-state index in [0.29, 0.717) is 22.9 Å². The van der Waals surface area contributed by atoms with E-state index in [2.05, 4.69) is 49.9 Å². The van der Waals surface area contributed by atoms with E-state index in [1.54, 1.807) is 0 Å². The Labute approximate surface area is 163 Å². The van der Waals surface area contributed by atoms with Crippen molar-refractivity contribution in [1.29, 1.82) is 0 Å². The van der Waals surface area contributed by atoms with E-state index in [1.807, 2.05) is 30.3 Å². The van der Waals surface area contributed by atoms with Crippen LogP contribution in [0.4, 0.5) is 0 Å². The third-order valence-corrected chi connectivity index (χ3v) is 6.94. The van der Waals surface area contributed by atoms with Crippen molar-refractivity contribution >= 4 is 24.1 Å². The van der Waals surface area contributed by atoms with E-state index in [-0.39, 0.29) is 15.0 Å². The van der Waals surface area contributed by atoms with E-state index in [4.69, 9.17) is 0 Å². The number of hydrogen-bond acceptors (Lipinski definition) is 1. The van der Waals surface area contributed by atoms with Crippen molar-refractivity contribution in [2.45, 2.75) is 38.5 Å². The Bertz CT molecular complexity index is 791. The van der Waals surface area contributed by atoms with Gasteiger partial charge < -0.3 is 0 Å². The van der Waals surface area contributed by atoms with Gasteiger partial charge in [-0.3, -0.25) is 0 Å². The Morgan fingerprint density at radius 1 is 1.12 bits per heavy atom. The molecular formula is C24H26OSe. The normalized spacial score (nSPS) is 19.2. The van der Waals surface area contributed by atoms with Crippen molar-refractivity contribution in [3.63, 3.8) is 0 Å². The minimum absolute atomic E-state index is 0.0557.